The van der Waals surface area contributed by atoms with Gasteiger partial charge in [0.1, 0.15) is 22.1 Å². The number of fused-ring (bicyclic) bond motifs is 5. The van der Waals surface area contributed by atoms with Gasteiger partial charge in [0.15, 0.2) is 0 Å². The molecule has 0 amide bonds. The smallest absolute Gasteiger partial charge is 0.348 e. The molecular weight excluding hydrogens is 336 g/mol. The molecule has 1 aliphatic rings. The van der Waals surface area contributed by atoms with Gasteiger partial charge < -0.3 is 14.2 Å². The zero-order chi connectivity index (χ0) is 17.4. The lowest BCUT2D eigenvalue weighted by Crippen LogP contribution is -2.01. The third kappa shape index (κ3) is 2.66. The SMILES string of the molecule is CCOC(=O)c1cc2c(s1)-c1ccc(OC)cc1Oc1ccccc1-2. The van der Waals surface area contributed by atoms with Crippen LogP contribution in [0.15, 0.2) is 48.5 Å². The van der Waals surface area contributed by atoms with Crippen molar-refractivity contribution in [3.05, 3.63) is 53.4 Å². The number of carbonyl (C=O) groups excluding carboxylic acids is 1. The maximum atomic E-state index is 12.2. The van der Waals surface area contributed by atoms with Crippen LogP contribution in [0.3, 0.4) is 0 Å². The van der Waals surface area contributed by atoms with Gasteiger partial charge in [0, 0.05) is 27.6 Å². The first-order chi connectivity index (χ1) is 12.2. The van der Waals surface area contributed by atoms with Crippen molar-refractivity contribution in [3.8, 4) is 38.8 Å². The first-order valence-electron chi connectivity index (χ1n) is 7.98. The number of carbonyl (C=O) groups is 1. The van der Waals surface area contributed by atoms with Gasteiger partial charge in [-0.25, -0.2) is 4.79 Å². The van der Waals surface area contributed by atoms with Crippen LogP contribution in [-0.4, -0.2) is 19.7 Å². The molecule has 0 aliphatic carbocycles. The summed E-state index contributed by atoms with van der Waals surface area (Å²) in [6.45, 7) is 2.16. The van der Waals surface area contributed by atoms with Crippen LogP contribution in [0.2, 0.25) is 0 Å². The molecular formula is C20H16O4S. The summed E-state index contributed by atoms with van der Waals surface area (Å²) in [6, 6.07) is 15.4. The Labute approximate surface area is 149 Å². The monoisotopic (exact) mass is 352 g/mol. The van der Waals surface area contributed by atoms with Crippen molar-refractivity contribution in [1.29, 1.82) is 0 Å². The van der Waals surface area contributed by atoms with Gasteiger partial charge in [-0.2, -0.15) is 0 Å². The van der Waals surface area contributed by atoms with E-state index >= 15 is 0 Å². The molecule has 3 aromatic rings. The second-order valence-corrected chi connectivity index (χ2v) is 6.59. The predicted molar refractivity (Wildman–Crippen MR) is 97.8 cm³/mol. The van der Waals surface area contributed by atoms with Gasteiger partial charge in [0.25, 0.3) is 0 Å². The molecule has 4 rings (SSSR count). The number of hydrogen-bond acceptors (Lipinski definition) is 5. The summed E-state index contributed by atoms with van der Waals surface area (Å²) in [7, 11) is 1.63. The zero-order valence-electron chi connectivity index (χ0n) is 13.9. The van der Waals surface area contributed by atoms with E-state index < -0.39 is 0 Å². The number of benzene rings is 2. The van der Waals surface area contributed by atoms with Crippen molar-refractivity contribution in [3.63, 3.8) is 0 Å². The Morgan fingerprint density at radius 2 is 1.88 bits per heavy atom. The predicted octanol–water partition coefficient (Wildman–Crippen LogP) is 5.37. The molecule has 0 saturated heterocycles. The van der Waals surface area contributed by atoms with Crippen molar-refractivity contribution in [1.82, 2.24) is 0 Å². The Morgan fingerprint density at radius 1 is 1.04 bits per heavy atom. The molecule has 2 heterocycles. The van der Waals surface area contributed by atoms with E-state index in [1.807, 2.05) is 48.5 Å². The average molecular weight is 352 g/mol. The van der Waals surface area contributed by atoms with Crippen LogP contribution in [0.5, 0.6) is 17.2 Å². The summed E-state index contributed by atoms with van der Waals surface area (Å²) in [4.78, 5) is 13.8. The quantitative estimate of drug-likeness (QED) is 0.465. The number of rotatable bonds is 3. The highest BCUT2D eigenvalue weighted by molar-refractivity contribution is 7.18. The molecule has 2 aromatic carbocycles. The van der Waals surface area contributed by atoms with E-state index in [0.717, 1.165) is 33.1 Å². The minimum atomic E-state index is -0.297. The molecule has 0 radical (unpaired) electrons. The number of ether oxygens (including phenoxy) is 3. The highest BCUT2D eigenvalue weighted by Crippen LogP contribution is 2.50. The lowest BCUT2D eigenvalue weighted by atomic mass is 10.0. The maximum absolute atomic E-state index is 12.2. The molecule has 0 bridgehead atoms. The van der Waals surface area contributed by atoms with E-state index in [9.17, 15) is 4.79 Å². The van der Waals surface area contributed by atoms with Crippen molar-refractivity contribution in [2.75, 3.05) is 13.7 Å². The Bertz CT molecular complexity index is 958. The van der Waals surface area contributed by atoms with Crippen LogP contribution in [0.1, 0.15) is 16.6 Å². The van der Waals surface area contributed by atoms with Gasteiger partial charge in [0.2, 0.25) is 0 Å². The molecule has 5 heteroatoms. The Kier molecular flexibility index (Phi) is 3.93. The summed E-state index contributed by atoms with van der Waals surface area (Å²) >= 11 is 1.42. The van der Waals surface area contributed by atoms with E-state index in [1.54, 1.807) is 14.0 Å². The number of para-hydroxylation sites is 1. The number of hydrogen-bond donors (Lipinski definition) is 0. The van der Waals surface area contributed by atoms with E-state index in [-0.39, 0.29) is 5.97 Å². The van der Waals surface area contributed by atoms with Crippen LogP contribution in [0.25, 0.3) is 21.6 Å². The van der Waals surface area contributed by atoms with Crippen LogP contribution in [0, 0.1) is 0 Å². The summed E-state index contributed by atoms with van der Waals surface area (Å²) < 4.78 is 16.6. The Hall–Kier alpha value is -2.79. The van der Waals surface area contributed by atoms with Gasteiger partial charge in [-0.05, 0) is 31.2 Å². The van der Waals surface area contributed by atoms with E-state index in [2.05, 4.69) is 0 Å². The molecule has 0 atom stereocenters. The van der Waals surface area contributed by atoms with Crippen LogP contribution >= 0.6 is 11.3 Å². The third-order valence-corrected chi connectivity index (χ3v) is 5.19. The number of methoxy groups -OCH3 is 1. The molecule has 0 saturated carbocycles. The fourth-order valence-corrected chi connectivity index (χ4v) is 3.99. The van der Waals surface area contributed by atoms with Gasteiger partial charge >= 0.3 is 5.97 Å². The standard InChI is InChI=1S/C20H16O4S/c1-3-23-20(21)18-11-15-13-6-4-5-7-16(13)24-17-10-12(22-2)8-9-14(17)19(15)25-18/h4-11H,3H2,1-2H3. The largest absolute Gasteiger partial charge is 0.497 e. The highest BCUT2D eigenvalue weighted by Gasteiger charge is 2.25. The summed E-state index contributed by atoms with van der Waals surface area (Å²) in [5.74, 6) is 1.89. The number of esters is 1. The molecule has 25 heavy (non-hydrogen) atoms. The fraction of sp³-hybridized carbons (Fsp3) is 0.150. The minimum Gasteiger partial charge on any atom is -0.497 e. The van der Waals surface area contributed by atoms with Gasteiger partial charge in [-0.3, -0.25) is 0 Å². The van der Waals surface area contributed by atoms with Crippen LogP contribution in [0.4, 0.5) is 0 Å². The lowest BCUT2D eigenvalue weighted by molar-refractivity contribution is 0.0532. The number of thiophene rings is 1. The van der Waals surface area contributed by atoms with Crippen LogP contribution < -0.4 is 9.47 Å². The fourth-order valence-electron chi connectivity index (χ4n) is 2.89. The van der Waals surface area contributed by atoms with E-state index in [4.69, 9.17) is 14.2 Å². The van der Waals surface area contributed by atoms with Crippen molar-refractivity contribution in [2.24, 2.45) is 0 Å². The molecule has 0 fully saturated rings. The second kappa shape index (κ2) is 6.26. The molecule has 1 aliphatic heterocycles. The lowest BCUT2D eigenvalue weighted by Gasteiger charge is -2.10. The van der Waals surface area contributed by atoms with Crippen molar-refractivity contribution >= 4 is 17.3 Å². The molecule has 126 valence electrons. The molecule has 0 unspecified atom stereocenters. The van der Waals surface area contributed by atoms with Gasteiger partial charge in [-0.15, -0.1) is 11.3 Å². The van der Waals surface area contributed by atoms with Crippen molar-refractivity contribution in [2.45, 2.75) is 6.92 Å². The average Bonchev–Trinajstić information content (AvgIpc) is 3.02. The molecule has 0 spiro atoms. The van der Waals surface area contributed by atoms with Gasteiger partial charge in [-0.1, -0.05) is 18.2 Å². The Morgan fingerprint density at radius 3 is 2.68 bits per heavy atom. The first-order valence-corrected chi connectivity index (χ1v) is 8.79. The minimum absolute atomic E-state index is 0.297. The third-order valence-electron chi connectivity index (χ3n) is 4.04. The van der Waals surface area contributed by atoms with E-state index in [0.29, 0.717) is 17.2 Å². The molecule has 0 N–H and O–H groups in total. The zero-order valence-corrected chi connectivity index (χ0v) is 14.7. The maximum Gasteiger partial charge on any atom is 0.348 e. The highest BCUT2D eigenvalue weighted by atomic mass is 32.1. The van der Waals surface area contributed by atoms with Crippen molar-refractivity contribution < 1.29 is 19.0 Å². The topological polar surface area (TPSA) is 44.8 Å². The van der Waals surface area contributed by atoms with E-state index in [1.165, 1.54) is 11.3 Å². The first kappa shape index (κ1) is 15.7. The second-order valence-electron chi connectivity index (χ2n) is 5.53. The summed E-state index contributed by atoms with van der Waals surface area (Å²) in [5.41, 5.74) is 2.87. The Balaban J connectivity index is 1.96. The summed E-state index contributed by atoms with van der Waals surface area (Å²) in [6.07, 6.45) is 0. The normalized spacial score (nSPS) is 11.4. The molecule has 1 aromatic heterocycles. The van der Waals surface area contributed by atoms with Gasteiger partial charge in [0.05, 0.1) is 13.7 Å². The summed E-state index contributed by atoms with van der Waals surface area (Å²) in [5, 5.41) is 0. The molecule has 4 nitrogen and oxygen atoms in total. The van der Waals surface area contributed by atoms with Crippen LogP contribution in [-0.2, 0) is 4.74 Å².